The van der Waals surface area contributed by atoms with Gasteiger partial charge in [0.1, 0.15) is 0 Å². The van der Waals surface area contributed by atoms with E-state index >= 15 is 0 Å². The molecule has 1 N–H and O–H groups in total. The largest absolute Gasteiger partial charge is 0.382 e. The van der Waals surface area contributed by atoms with Crippen molar-refractivity contribution in [1.29, 1.82) is 0 Å². The zero-order valence-corrected chi connectivity index (χ0v) is 11.5. The summed E-state index contributed by atoms with van der Waals surface area (Å²) in [4.78, 5) is 0. The van der Waals surface area contributed by atoms with Crippen LogP contribution in [0.4, 0.5) is 5.69 Å². The Bertz CT molecular complexity index is 466. The fourth-order valence-corrected chi connectivity index (χ4v) is 4.14. The van der Waals surface area contributed by atoms with Crippen LogP contribution in [0, 0.1) is 5.92 Å². The van der Waals surface area contributed by atoms with Gasteiger partial charge in [0.2, 0.25) is 0 Å². The minimum Gasteiger partial charge on any atom is -0.382 e. The number of nitrogens with one attached hydrogen (secondary N) is 1. The Hall–Kier alpha value is -1.02. The maximum absolute atomic E-state index is 6.06. The fraction of sp³-hybridized carbons (Fsp3) is 0.647. The monoisotopic (exact) mass is 257 g/mol. The second kappa shape index (κ2) is 4.52. The van der Waals surface area contributed by atoms with Crippen LogP contribution >= 0.6 is 0 Å². The molecule has 102 valence electrons. The number of rotatable bonds is 1. The van der Waals surface area contributed by atoms with Crippen molar-refractivity contribution in [3.8, 4) is 0 Å². The maximum atomic E-state index is 6.06. The highest BCUT2D eigenvalue weighted by Crippen LogP contribution is 2.46. The highest BCUT2D eigenvalue weighted by atomic mass is 16.5. The van der Waals surface area contributed by atoms with Crippen molar-refractivity contribution in [3.05, 3.63) is 29.8 Å². The molecule has 19 heavy (non-hydrogen) atoms. The molecule has 1 saturated carbocycles. The zero-order valence-electron chi connectivity index (χ0n) is 11.5. The summed E-state index contributed by atoms with van der Waals surface area (Å²) in [7, 11) is 0. The zero-order chi connectivity index (χ0) is 12.7. The maximum Gasteiger partial charge on any atom is 0.0686 e. The van der Waals surface area contributed by atoms with E-state index < -0.39 is 0 Å². The quantitative estimate of drug-likeness (QED) is 0.827. The lowest BCUT2D eigenvalue weighted by Crippen LogP contribution is -2.49. The van der Waals surface area contributed by atoms with E-state index in [0.717, 1.165) is 12.5 Å². The van der Waals surface area contributed by atoms with Crippen molar-refractivity contribution >= 4 is 5.69 Å². The van der Waals surface area contributed by atoms with E-state index in [9.17, 15) is 0 Å². The summed E-state index contributed by atoms with van der Waals surface area (Å²) in [6, 6.07) is 9.46. The molecule has 1 saturated heterocycles. The third kappa shape index (κ3) is 2.06. The van der Waals surface area contributed by atoms with E-state index in [4.69, 9.17) is 4.74 Å². The van der Waals surface area contributed by atoms with Gasteiger partial charge in [0.25, 0.3) is 0 Å². The Labute approximate surface area is 115 Å². The number of para-hydroxylation sites is 1. The molecule has 0 amide bonds. The summed E-state index contributed by atoms with van der Waals surface area (Å²) in [6.45, 7) is 0.977. The highest BCUT2D eigenvalue weighted by Gasteiger charge is 2.44. The molecule has 2 atom stereocenters. The van der Waals surface area contributed by atoms with Crippen LogP contribution in [-0.2, 0) is 11.2 Å². The van der Waals surface area contributed by atoms with E-state index in [2.05, 4.69) is 29.6 Å². The predicted octanol–water partition coefficient (Wildman–Crippen LogP) is 3.76. The molecular formula is C17H23NO. The Morgan fingerprint density at radius 3 is 2.89 bits per heavy atom. The second-order valence-electron chi connectivity index (χ2n) is 6.58. The van der Waals surface area contributed by atoms with Gasteiger partial charge in [0.15, 0.2) is 0 Å². The van der Waals surface area contributed by atoms with Crippen molar-refractivity contribution in [2.45, 2.75) is 56.6 Å². The minimum atomic E-state index is 0.279. The summed E-state index contributed by atoms with van der Waals surface area (Å²) in [5.74, 6) is 0.808. The summed E-state index contributed by atoms with van der Waals surface area (Å²) >= 11 is 0. The lowest BCUT2D eigenvalue weighted by molar-refractivity contribution is -0.145. The van der Waals surface area contributed by atoms with Gasteiger partial charge in [-0.05, 0) is 62.5 Å². The molecular weight excluding hydrogens is 234 g/mol. The first-order chi connectivity index (χ1) is 9.35. The van der Waals surface area contributed by atoms with Crippen molar-refractivity contribution in [2.75, 3.05) is 11.9 Å². The van der Waals surface area contributed by atoms with Crippen LogP contribution in [0.25, 0.3) is 0 Å². The molecule has 0 bridgehead atoms. The summed E-state index contributed by atoms with van der Waals surface area (Å²) in [5, 5.41) is 3.80. The number of benzene rings is 1. The molecule has 1 aliphatic carbocycles. The van der Waals surface area contributed by atoms with E-state index in [0.29, 0.717) is 6.04 Å². The standard InChI is InChI=1S/C17H23NO/c1-2-5-15-13(4-1)6-7-16(18-15)14-8-11-19-17(12-14)9-3-10-17/h1-2,4-5,14,16,18H,3,6-12H2. The van der Waals surface area contributed by atoms with Gasteiger partial charge in [-0.1, -0.05) is 18.2 Å². The van der Waals surface area contributed by atoms with Crippen LogP contribution in [0.2, 0.25) is 0 Å². The molecule has 2 heterocycles. The normalized spacial score (nSPS) is 32.2. The molecule has 1 spiro atoms. The van der Waals surface area contributed by atoms with Crippen molar-refractivity contribution in [2.24, 2.45) is 5.92 Å². The summed E-state index contributed by atoms with van der Waals surface area (Å²) < 4.78 is 6.06. The number of hydrogen-bond donors (Lipinski definition) is 1. The minimum absolute atomic E-state index is 0.279. The van der Waals surface area contributed by atoms with Gasteiger partial charge < -0.3 is 10.1 Å². The molecule has 0 radical (unpaired) electrons. The van der Waals surface area contributed by atoms with Gasteiger partial charge in [-0.15, -0.1) is 0 Å². The number of ether oxygens (including phenoxy) is 1. The number of hydrogen-bond acceptors (Lipinski definition) is 2. The van der Waals surface area contributed by atoms with Crippen molar-refractivity contribution < 1.29 is 4.74 Å². The molecule has 2 nitrogen and oxygen atoms in total. The van der Waals surface area contributed by atoms with Crippen LogP contribution in [0.5, 0.6) is 0 Å². The van der Waals surface area contributed by atoms with E-state index in [1.54, 1.807) is 0 Å². The first-order valence-corrected chi connectivity index (χ1v) is 7.83. The number of aryl methyl sites for hydroxylation is 1. The van der Waals surface area contributed by atoms with Crippen LogP contribution in [-0.4, -0.2) is 18.2 Å². The van der Waals surface area contributed by atoms with Crippen LogP contribution < -0.4 is 5.32 Å². The van der Waals surface area contributed by atoms with Crippen molar-refractivity contribution in [1.82, 2.24) is 0 Å². The first kappa shape index (κ1) is 11.8. The third-order valence-electron chi connectivity index (χ3n) is 5.45. The molecule has 4 rings (SSSR count). The predicted molar refractivity (Wildman–Crippen MR) is 77.4 cm³/mol. The molecule has 2 aliphatic heterocycles. The van der Waals surface area contributed by atoms with Gasteiger partial charge in [-0.25, -0.2) is 0 Å². The molecule has 1 aromatic carbocycles. The van der Waals surface area contributed by atoms with Crippen molar-refractivity contribution in [3.63, 3.8) is 0 Å². The van der Waals surface area contributed by atoms with E-state index in [-0.39, 0.29) is 5.60 Å². The first-order valence-electron chi connectivity index (χ1n) is 7.83. The van der Waals surface area contributed by atoms with Crippen LogP contribution in [0.3, 0.4) is 0 Å². The number of anilines is 1. The van der Waals surface area contributed by atoms with E-state index in [1.165, 1.54) is 56.2 Å². The molecule has 2 unspecified atom stereocenters. The van der Waals surface area contributed by atoms with Gasteiger partial charge in [0, 0.05) is 18.3 Å². The molecule has 3 aliphatic rings. The molecule has 0 aromatic heterocycles. The lowest BCUT2D eigenvalue weighted by Gasteiger charge is -2.49. The van der Waals surface area contributed by atoms with E-state index in [1.807, 2.05) is 0 Å². The molecule has 1 aromatic rings. The molecule has 2 heteroatoms. The Kier molecular flexibility index (Phi) is 2.80. The van der Waals surface area contributed by atoms with Crippen LogP contribution in [0.15, 0.2) is 24.3 Å². The highest BCUT2D eigenvalue weighted by molar-refractivity contribution is 5.53. The van der Waals surface area contributed by atoms with Gasteiger partial charge in [0.05, 0.1) is 5.60 Å². The number of fused-ring (bicyclic) bond motifs is 1. The topological polar surface area (TPSA) is 21.3 Å². The van der Waals surface area contributed by atoms with Gasteiger partial charge >= 0.3 is 0 Å². The lowest BCUT2D eigenvalue weighted by atomic mass is 9.69. The summed E-state index contributed by atoms with van der Waals surface area (Å²) in [6.07, 6.45) is 9.01. The second-order valence-corrected chi connectivity index (χ2v) is 6.58. The third-order valence-corrected chi connectivity index (χ3v) is 5.45. The fourth-order valence-electron chi connectivity index (χ4n) is 4.14. The SMILES string of the molecule is c1ccc2c(c1)CCC(C1CCOC3(CCC3)C1)N2. The van der Waals surface area contributed by atoms with Gasteiger partial charge in [-0.3, -0.25) is 0 Å². The Morgan fingerprint density at radius 2 is 2.05 bits per heavy atom. The van der Waals surface area contributed by atoms with Crippen LogP contribution in [0.1, 0.15) is 44.1 Å². The Balaban J connectivity index is 1.48. The Morgan fingerprint density at radius 1 is 1.16 bits per heavy atom. The average Bonchev–Trinajstić information content (AvgIpc) is 2.45. The smallest absolute Gasteiger partial charge is 0.0686 e. The molecule has 2 fully saturated rings. The summed E-state index contributed by atoms with van der Waals surface area (Å²) in [5.41, 5.74) is 3.14. The van der Waals surface area contributed by atoms with Gasteiger partial charge in [-0.2, -0.15) is 0 Å². The average molecular weight is 257 g/mol.